The highest BCUT2D eigenvalue weighted by Crippen LogP contribution is 2.42. The Morgan fingerprint density at radius 3 is 2.34 bits per heavy atom. The molecule has 6 rings (SSSR count). The van der Waals surface area contributed by atoms with E-state index in [0.29, 0.717) is 31.2 Å². The average Bonchev–Trinajstić information content (AvgIpc) is 3.37. The summed E-state index contributed by atoms with van der Waals surface area (Å²) in [7, 11) is -0.131. The summed E-state index contributed by atoms with van der Waals surface area (Å²) in [6.07, 6.45) is 3.20. The minimum Gasteiger partial charge on any atom is -0.377 e. The largest absolute Gasteiger partial charge is 0.377 e. The molecule has 0 bridgehead atoms. The van der Waals surface area contributed by atoms with Crippen molar-refractivity contribution in [2.75, 3.05) is 32.1 Å². The van der Waals surface area contributed by atoms with Gasteiger partial charge in [-0.3, -0.25) is 19.3 Å². The number of fused-ring (bicyclic) bond motifs is 2. The van der Waals surface area contributed by atoms with E-state index in [-0.39, 0.29) is 41.1 Å². The van der Waals surface area contributed by atoms with Gasteiger partial charge in [0.05, 0.1) is 22.9 Å². The number of likely N-dealkylation sites (tertiary alicyclic amines) is 2. The van der Waals surface area contributed by atoms with Crippen molar-refractivity contribution < 1.29 is 22.8 Å². The monoisotopic (exact) mass is 538 g/mol. The van der Waals surface area contributed by atoms with Gasteiger partial charge in [-0.05, 0) is 44.2 Å². The lowest BCUT2D eigenvalue weighted by Gasteiger charge is -2.32. The molecule has 10 heteroatoms. The minimum atomic E-state index is -3.97. The fourth-order valence-corrected chi connectivity index (χ4v) is 8.60. The molecule has 0 aromatic heterocycles. The maximum absolute atomic E-state index is 14.1. The number of rotatable bonds is 5. The van der Waals surface area contributed by atoms with E-state index in [0.717, 1.165) is 23.9 Å². The fourth-order valence-electron chi connectivity index (χ4n) is 6.74. The van der Waals surface area contributed by atoms with Crippen molar-refractivity contribution in [3.63, 3.8) is 0 Å². The van der Waals surface area contributed by atoms with Crippen LogP contribution in [0, 0.1) is 11.8 Å². The summed E-state index contributed by atoms with van der Waals surface area (Å²) < 4.78 is 29.5. The van der Waals surface area contributed by atoms with Crippen LogP contribution >= 0.6 is 0 Å². The normalized spacial score (nSPS) is 27.8. The molecule has 0 spiro atoms. The molecule has 1 saturated carbocycles. The van der Waals surface area contributed by atoms with Crippen LogP contribution in [0.3, 0.4) is 0 Å². The molecule has 9 nitrogen and oxygen atoms in total. The highest BCUT2D eigenvalue weighted by atomic mass is 32.2. The Morgan fingerprint density at radius 1 is 0.921 bits per heavy atom. The zero-order valence-corrected chi connectivity index (χ0v) is 22.9. The summed E-state index contributed by atoms with van der Waals surface area (Å²) in [6.45, 7) is 2.48. The van der Waals surface area contributed by atoms with E-state index in [4.69, 9.17) is 0 Å². The fraction of sp³-hybridized carbons (Fsp3) is 0.536. The molecule has 1 unspecified atom stereocenters. The number of amides is 3. The van der Waals surface area contributed by atoms with Gasteiger partial charge in [0.1, 0.15) is 6.04 Å². The minimum absolute atomic E-state index is 0.0705. The lowest BCUT2D eigenvalue weighted by molar-refractivity contribution is -0.146. The van der Waals surface area contributed by atoms with Gasteiger partial charge in [-0.25, -0.2) is 8.42 Å². The number of carbonyl (C=O) groups is 3. The molecule has 3 amide bonds. The summed E-state index contributed by atoms with van der Waals surface area (Å²) in [6, 6.07) is 9.35. The summed E-state index contributed by atoms with van der Waals surface area (Å²) in [5.74, 6) is -1.13. The molecule has 3 saturated heterocycles. The van der Waals surface area contributed by atoms with Gasteiger partial charge >= 0.3 is 0 Å². The van der Waals surface area contributed by atoms with Gasteiger partial charge in [-0.1, -0.05) is 31.2 Å². The number of imide groups is 1. The van der Waals surface area contributed by atoms with Gasteiger partial charge in [-0.2, -0.15) is 4.31 Å². The van der Waals surface area contributed by atoms with E-state index < -0.39 is 28.0 Å². The molecule has 4 atom stereocenters. The Kier molecular flexibility index (Phi) is 6.03. The van der Waals surface area contributed by atoms with Gasteiger partial charge in [0.2, 0.25) is 27.7 Å². The smallest absolute Gasteiger partial charge is 0.244 e. The summed E-state index contributed by atoms with van der Waals surface area (Å²) in [5, 5.41) is 1.46. The molecule has 202 valence electrons. The van der Waals surface area contributed by atoms with Crippen molar-refractivity contribution in [2.24, 2.45) is 11.8 Å². The highest BCUT2D eigenvalue weighted by Gasteiger charge is 2.57. The Balaban J connectivity index is 1.30. The first-order valence-corrected chi connectivity index (χ1v) is 14.9. The van der Waals surface area contributed by atoms with Crippen molar-refractivity contribution in [1.29, 1.82) is 0 Å². The Bertz CT molecular complexity index is 1440. The maximum atomic E-state index is 14.1. The van der Waals surface area contributed by atoms with Crippen molar-refractivity contribution in [3.05, 3.63) is 36.4 Å². The van der Waals surface area contributed by atoms with Crippen LogP contribution in [0.15, 0.2) is 41.3 Å². The van der Waals surface area contributed by atoms with Gasteiger partial charge in [0.15, 0.2) is 0 Å². The number of nitrogens with zero attached hydrogens (tertiary/aromatic N) is 4. The van der Waals surface area contributed by atoms with Gasteiger partial charge < -0.3 is 9.80 Å². The first-order chi connectivity index (χ1) is 18.1. The molecular weight excluding hydrogens is 504 g/mol. The van der Waals surface area contributed by atoms with Crippen molar-refractivity contribution in [3.8, 4) is 0 Å². The number of carbonyl (C=O) groups excluding carboxylic acids is 3. The first kappa shape index (κ1) is 25.3. The van der Waals surface area contributed by atoms with Crippen molar-refractivity contribution >= 4 is 44.2 Å². The second-order valence-electron chi connectivity index (χ2n) is 11.3. The zero-order chi connectivity index (χ0) is 26.9. The van der Waals surface area contributed by atoms with Crippen LogP contribution in [-0.4, -0.2) is 85.6 Å². The Hall–Kier alpha value is -2.98. The van der Waals surface area contributed by atoms with Crippen molar-refractivity contribution in [1.82, 2.24) is 14.1 Å². The maximum Gasteiger partial charge on any atom is 0.244 e. The quantitative estimate of drug-likeness (QED) is 0.543. The zero-order valence-electron chi connectivity index (χ0n) is 22.0. The molecule has 2 aromatic rings. The van der Waals surface area contributed by atoms with E-state index in [1.807, 2.05) is 43.3 Å². The van der Waals surface area contributed by atoms with E-state index >= 15 is 0 Å². The number of hydrogen-bond donors (Lipinski definition) is 0. The van der Waals surface area contributed by atoms with Crippen LogP contribution in [0.25, 0.3) is 10.8 Å². The molecule has 2 aromatic carbocycles. The number of benzene rings is 2. The third-order valence-electron chi connectivity index (χ3n) is 8.75. The molecule has 1 aliphatic carbocycles. The number of anilines is 1. The summed E-state index contributed by atoms with van der Waals surface area (Å²) >= 11 is 0. The lowest BCUT2D eigenvalue weighted by Crippen LogP contribution is -2.51. The molecule has 3 heterocycles. The molecule has 3 aliphatic heterocycles. The average molecular weight is 539 g/mol. The third-order valence-corrected chi connectivity index (χ3v) is 10.7. The summed E-state index contributed by atoms with van der Waals surface area (Å²) in [4.78, 5) is 45.1. The second-order valence-corrected chi connectivity index (χ2v) is 13.1. The SMILES string of the molecule is C[C@@H]1C(=O)N(C(=O)C2CC2)[C@H]2CCN(C(=O)C3CCCN3S(=O)(=O)c3cccc4c(N(C)C)cccc34)[C@H]12. The van der Waals surface area contributed by atoms with Crippen LogP contribution in [0.4, 0.5) is 5.69 Å². The van der Waals surface area contributed by atoms with Crippen LogP contribution in [0.5, 0.6) is 0 Å². The predicted octanol–water partition coefficient (Wildman–Crippen LogP) is 2.44. The topological polar surface area (TPSA) is 98.3 Å². The van der Waals surface area contributed by atoms with Crippen LogP contribution in [0.2, 0.25) is 0 Å². The van der Waals surface area contributed by atoms with Crippen LogP contribution < -0.4 is 4.90 Å². The number of sulfonamides is 1. The van der Waals surface area contributed by atoms with Crippen LogP contribution in [0.1, 0.15) is 39.0 Å². The first-order valence-electron chi connectivity index (χ1n) is 13.5. The molecular formula is C28H34N4O5S. The van der Waals surface area contributed by atoms with E-state index in [1.165, 1.54) is 9.21 Å². The molecule has 0 N–H and O–H groups in total. The Labute approximate surface area is 223 Å². The van der Waals surface area contributed by atoms with Gasteiger partial charge in [0, 0.05) is 49.6 Å². The van der Waals surface area contributed by atoms with E-state index in [9.17, 15) is 22.8 Å². The molecule has 4 aliphatic rings. The van der Waals surface area contributed by atoms with E-state index in [2.05, 4.69) is 0 Å². The Morgan fingerprint density at radius 2 is 1.63 bits per heavy atom. The number of hydrogen-bond acceptors (Lipinski definition) is 6. The molecule has 4 fully saturated rings. The summed E-state index contributed by atoms with van der Waals surface area (Å²) in [5.41, 5.74) is 0.918. The van der Waals surface area contributed by atoms with Crippen LogP contribution in [-0.2, 0) is 24.4 Å². The molecule has 0 radical (unpaired) electrons. The van der Waals surface area contributed by atoms with Crippen molar-refractivity contribution in [2.45, 2.75) is 62.0 Å². The highest BCUT2D eigenvalue weighted by molar-refractivity contribution is 7.89. The second kappa shape index (κ2) is 9.05. The third kappa shape index (κ3) is 3.75. The van der Waals surface area contributed by atoms with E-state index in [1.54, 1.807) is 24.0 Å². The molecule has 38 heavy (non-hydrogen) atoms. The predicted molar refractivity (Wildman–Crippen MR) is 143 cm³/mol. The van der Waals surface area contributed by atoms with Gasteiger partial charge in [-0.15, -0.1) is 0 Å². The standard InChI is InChI=1S/C28H34N4O5S/c1-17-25-22(32(26(17)33)27(34)18-12-13-18)14-16-30(25)28(35)23-10-6-15-31(23)38(36,37)24-11-5-7-19-20(24)8-4-9-21(19)29(2)3/h4-5,7-9,11,17-18,22-23,25H,6,10,12-16H2,1-3H3/t17-,22-,23?,25+/m0/s1. The lowest BCUT2D eigenvalue weighted by atomic mass is 10.0. The van der Waals surface area contributed by atoms with Gasteiger partial charge in [0.25, 0.3) is 0 Å².